The molecule has 0 N–H and O–H groups in total. The quantitative estimate of drug-likeness (QED) is 0.246. The summed E-state index contributed by atoms with van der Waals surface area (Å²) in [7, 11) is 4.88. The van der Waals surface area contributed by atoms with Gasteiger partial charge < -0.3 is 130 Å². The molecule has 0 aromatic carbocycles. The Bertz CT molecular complexity index is 617. The summed E-state index contributed by atoms with van der Waals surface area (Å²) in [5.74, 6) is 4.29. The Hall–Kier alpha value is 0.372. The summed E-state index contributed by atoms with van der Waals surface area (Å²) >= 11 is 0. The Morgan fingerprint density at radius 1 is 0.443 bits per heavy atom. The van der Waals surface area contributed by atoms with Crippen molar-refractivity contribution in [3.63, 3.8) is 0 Å². The van der Waals surface area contributed by atoms with Crippen LogP contribution in [0.5, 0.6) is 0 Å². The molecular formula is C53H104Co5N3-3. The van der Waals surface area contributed by atoms with Crippen molar-refractivity contribution in [2.24, 2.45) is 23.7 Å². The average Bonchev–Trinajstić information content (AvgIpc) is 3.96. The normalized spacial score (nSPS) is 14.2. The maximum Gasteiger partial charge on any atom is 3.00 e. The van der Waals surface area contributed by atoms with Crippen molar-refractivity contribution in [1.82, 2.24) is 0 Å². The van der Waals surface area contributed by atoms with Crippen LogP contribution in [0.3, 0.4) is 0 Å². The second-order valence-electron chi connectivity index (χ2n) is 14.6. The molecule has 0 amide bonds. The van der Waals surface area contributed by atoms with E-state index >= 15 is 0 Å². The Kier molecular flexibility index (Phi) is 162. The van der Waals surface area contributed by atoms with Gasteiger partial charge in [-0.05, 0) is 23.7 Å². The first-order chi connectivity index (χ1) is 24.4. The standard InChI is InChI=1S/2C7H14.2C6H12.C5H10.2C4H6.3C3H5N.5CH3.5Co/c2*1-2-7-5-3-4-6-7;2*1-6-4-2-3-5-6;1-2-4-5-3-1;2*1-4(2)3;3*1-3-4-2;;;;;;;;;;/h2*7H,2-6H2,1H3;2*6H,2-5H2,1H3;1-5H2;2*1H,2H2,3H3;3*1,3H,2H3;5*1H3;;;;;/q;;;;;5*-2;5*-1;3*+2;2*+3. The van der Waals surface area contributed by atoms with E-state index in [9.17, 15) is 0 Å². The predicted molar refractivity (Wildman–Crippen MR) is 267 cm³/mol. The summed E-state index contributed by atoms with van der Waals surface area (Å²) in [5, 5.41) is 10.2. The van der Waals surface area contributed by atoms with Gasteiger partial charge in [-0.1, -0.05) is 175 Å². The van der Waals surface area contributed by atoms with Crippen LogP contribution in [0, 0.1) is 108 Å². The molecule has 0 aromatic rings. The molecule has 0 spiro atoms. The fourth-order valence-electron chi connectivity index (χ4n) is 5.98. The van der Waals surface area contributed by atoms with Crippen molar-refractivity contribution in [3.05, 3.63) is 130 Å². The van der Waals surface area contributed by atoms with Crippen molar-refractivity contribution < 1.29 is 83.9 Å². The molecule has 3 nitrogen and oxygen atoms in total. The van der Waals surface area contributed by atoms with Crippen LogP contribution < -0.4 is 0 Å². The molecule has 0 bridgehead atoms. The molecule has 3 radical (unpaired) electrons. The summed E-state index contributed by atoms with van der Waals surface area (Å²) in [6, 6.07) is 0. The molecular weight excluding hydrogens is 973 g/mol. The van der Waals surface area contributed by atoms with Gasteiger partial charge in [0, 0.05) is 0 Å². The zero-order valence-electron chi connectivity index (χ0n) is 42.6. The first kappa shape index (κ1) is 104. The van der Waals surface area contributed by atoms with E-state index in [1.165, 1.54) is 166 Å². The maximum atomic E-state index is 4.92. The van der Waals surface area contributed by atoms with E-state index in [1.54, 1.807) is 35.0 Å². The summed E-state index contributed by atoms with van der Waals surface area (Å²) in [6.45, 7) is 43.5. The van der Waals surface area contributed by atoms with Gasteiger partial charge in [0.25, 0.3) is 0 Å². The largest absolute Gasteiger partial charge is 3.00 e. The van der Waals surface area contributed by atoms with Crippen molar-refractivity contribution in [2.75, 3.05) is 21.1 Å². The Morgan fingerprint density at radius 3 is 0.639 bits per heavy atom. The van der Waals surface area contributed by atoms with Crippen LogP contribution in [0.4, 0.5) is 0 Å². The Balaban J connectivity index is -0.0000000294. The number of hydrogen-bond donors (Lipinski definition) is 0. The third kappa shape index (κ3) is 126. The number of hydrogen-bond acceptors (Lipinski definition) is 0. The molecule has 5 fully saturated rings. The third-order valence-electron chi connectivity index (χ3n) is 9.09. The fraction of sp³-hybridized carbons (Fsp3) is 0.679. The van der Waals surface area contributed by atoms with Crippen LogP contribution in [-0.4, -0.2) is 21.1 Å². The van der Waals surface area contributed by atoms with Crippen LogP contribution in [0.15, 0.2) is 29.7 Å². The molecule has 5 aliphatic carbocycles. The van der Waals surface area contributed by atoms with Crippen LogP contribution in [0.1, 0.15) is 189 Å². The van der Waals surface area contributed by atoms with Gasteiger partial charge in [0.15, 0.2) is 0 Å². The van der Waals surface area contributed by atoms with Gasteiger partial charge in [-0.15, -0.1) is 35.0 Å². The SMILES string of the molecule is C1CCCC1.CC1CCCC1.CC1CCCC1.CCC1CCCC1.CCC1CCCC1.[CH-]=C([CH2-])C.[CH-]=C([CH2-])C.[CH-]=C[N-]C.[CH-]=C[N-]C.[CH-]=C[N-]C.[CH3-].[CH3-].[CH3-].[CH3-].[CH3-].[Co+2].[Co+2].[Co+2].[Co+3].[Co+3]. The van der Waals surface area contributed by atoms with Gasteiger partial charge >= 0.3 is 83.9 Å². The smallest absolute Gasteiger partial charge is 0.723 e. The zero-order chi connectivity index (χ0) is 40.0. The zero-order valence-corrected chi connectivity index (χ0v) is 47.8. The van der Waals surface area contributed by atoms with Crippen molar-refractivity contribution in [2.45, 2.75) is 189 Å². The van der Waals surface area contributed by atoms with E-state index in [1.807, 2.05) is 0 Å². The second-order valence-corrected chi connectivity index (χ2v) is 14.6. The van der Waals surface area contributed by atoms with E-state index in [0.717, 1.165) is 23.7 Å². The monoisotopic (exact) mass is 1080 g/mol. The number of rotatable bonds is 5. The molecule has 8 heteroatoms. The molecule has 0 unspecified atom stereocenters. The summed E-state index contributed by atoms with van der Waals surface area (Å²) in [5.41, 5.74) is 1.33. The molecule has 0 aliphatic heterocycles. The van der Waals surface area contributed by atoms with Crippen LogP contribution in [-0.2, 0) is 83.9 Å². The maximum absolute atomic E-state index is 4.92. The van der Waals surface area contributed by atoms with Crippen molar-refractivity contribution in [3.8, 4) is 0 Å². The van der Waals surface area contributed by atoms with E-state index < -0.39 is 0 Å². The van der Waals surface area contributed by atoms with E-state index in [0.29, 0.717) is 11.1 Å². The minimum Gasteiger partial charge on any atom is -0.723 e. The summed E-state index contributed by atoms with van der Waals surface area (Å²) in [6.07, 6.45) is 38.0. The van der Waals surface area contributed by atoms with E-state index in [2.05, 4.69) is 57.5 Å². The summed E-state index contributed by atoms with van der Waals surface area (Å²) < 4.78 is 0. The molecule has 5 rings (SSSR count). The van der Waals surface area contributed by atoms with Crippen molar-refractivity contribution in [1.29, 1.82) is 0 Å². The van der Waals surface area contributed by atoms with Crippen LogP contribution in [0.25, 0.3) is 16.0 Å². The van der Waals surface area contributed by atoms with E-state index in [4.69, 9.17) is 32.9 Å². The molecule has 0 aromatic heterocycles. The molecule has 61 heavy (non-hydrogen) atoms. The van der Waals surface area contributed by atoms with Gasteiger partial charge in [-0.25, -0.2) is 0 Å². The van der Waals surface area contributed by atoms with Crippen LogP contribution in [0.2, 0.25) is 0 Å². The molecule has 0 saturated heterocycles. The Labute approximate surface area is 444 Å². The Morgan fingerprint density at radius 2 is 0.574 bits per heavy atom. The van der Waals surface area contributed by atoms with Gasteiger partial charge in [0.2, 0.25) is 0 Å². The predicted octanol–water partition coefficient (Wildman–Crippen LogP) is 19.0. The summed E-state index contributed by atoms with van der Waals surface area (Å²) in [4.78, 5) is 0. The van der Waals surface area contributed by atoms with Crippen LogP contribution >= 0.6 is 0 Å². The minimum atomic E-state index is 0. The first-order valence-electron chi connectivity index (χ1n) is 20.6. The van der Waals surface area contributed by atoms with Gasteiger partial charge in [-0.3, -0.25) is 0 Å². The first-order valence-corrected chi connectivity index (χ1v) is 20.6. The minimum absolute atomic E-state index is 0. The van der Waals surface area contributed by atoms with Gasteiger partial charge in [0.05, 0.1) is 0 Å². The number of nitrogens with zero attached hydrogens (tertiary/aromatic N) is 3. The molecule has 379 valence electrons. The fourth-order valence-corrected chi connectivity index (χ4v) is 5.98. The molecule has 5 aliphatic rings. The van der Waals surface area contributed by atoms with Gasteiger partial charge in [0.1, 0.15) is 0 Å². The van der Waals surface area contributed by atoms with E-state index in [-0.39, 0.29) is 121 Å². The molecule has 0 heterocycles. The van der Waals surface area contributed by atoms with Crippen molar-refractivity contribution >= 4 is 0 Å². The topological polar surface area (TPSA) is 42.3 Å². The molecule has 0 atom stereocenters. The molecule has 5 saturated carbocycles. The second kappa shape index (κ2) is 94.8. The third-order valence-corrected chi connectivity index (χ3v) is 9.09. The number of allylic oxidation sites excluding steroid dienone is 2. The average molecular weight is 1080 g/mol. The van der Waals surface area contributed by atoms with Gasteiger partial charge in [-0.2, -0.15) is 0 Å².